The van der Waals surface area contributed by atoms with E-state index in [2.05, 4.69) is 15.9 Å². The van der Waals surface area contributed by atoms with Crippen LogP contribution in [0.25, 0.3) is 0 Å². The van der Waals surface area contributed by atoms with Gasteiger partial charge in [0, 0.05) is 11.6 Å². The molecule has 0 amide bonds. The van der Waals surface area contributed by atoms with E-state index in [4.69, 9.17) is 10.5 Å². The quantitative estimate of drug-likeness (QED) is 0.871. The molecule has 1 aromatic rings. The predicted molar refractivity (Wildman–Crippen MR) is 59.3 cm³/mol. The van der Waals surface area contributed by atoms with Gasteiger partial charge in [0.25, 0.3) is 0 Å². The lowest BCUT2D eigenvalue weighted by Gasteiger charge is -2.18. The van der Waals surface area contributed by atoms with Crippen molar-refractivity contribution >= 4 is 15.9 Å². The smallest absolute Gasteiger partial charge is 0.138 e. The van der Waals surface area contributed by atoms with Gasteiger partial charge < -0.3 is 15.6 Å². The number of halogens is 1. The van der Waals surface area contributed by atoms with Crippen molar-refractivity contribution in [2.24, 2.45) is 5.73 Å². The first-order valence-corrected chi connectivity index (χ1v) is 5.13. The zero-order valence-electron chi connectivity index (χ0n) is 8.20. The van der Waals surface area contributed by atoms with Crippen LogP contribution >= 0.6 is 15.9 Å². The lowest BCUT2D eigenvalue weighted by molar-refractivity contribution is 0.149. The zero-order chi connectivity index (χ0) is 10.7. The topological polar surface area (TPSA) is 55.5 Å². The fraction of sp³-hybridized carbons (Fsp3) is 0.400. The van der Waals surface area contributed by atoms with Gasteiger partial charge in [-0.15, -0.1) is 0 Å². The molecule has 0 saturated carbocycles. The van der Waals surface area contributed by atoms with Crippen LogP contribution in [0.2, 0.25) is 0 Å². The van der Waals surface area contributed by atoms with Crippen molar-refractivity contribution in [1.29, 1.82) is 0 Å². The Labute approximate surface area is 92.0 Å². The van der Waals surface area contributed by atoms with Crippen molar-refractivity contribution < 1.29 is 9.84 Å². The van der Waals surface area contributed by atoms with Gasteiger partial charge in [0.1, 0.15) is 5.75 Å². The maximum Gasteiger partial charge on any atom is 0.138 e. The third-order valence-electron chi connectivity index (χ3n) is 2.02. The first-order chi connectivity index (χ1) is 6.57. The van der Waals surface area contributed by atoms with Gasteiger partial charge in [-0.05, 0) is 28.9 Å². The molecule has 0 saturated heterocycles. The summed E-state index contributed by atoms with van der Waals surface area (Å²) in [4.78, 5) is 0. The fourth-order valence-electron chi connectivity index (χ4n) is 1.26. The summed E-state index contributed by atoms with van der Waals surface area (Å²) in [5.74, 6) is 0.636. The standard InChI is InChI=1S/C10H14BrNO2/c1-6(12)9(13)7-4-3-5-8(11)10(7)14-2/h3-6,9,13H,12H2,1-2H3/t6-,9-/m1/s1. The van der Waals surface area contributed by atoms with Crippen LogP contribution in [-0.4, -0.2) is 18.3 Å². The van der Waals surface area contributed by atoms with E-state index in [1.165, 1.54) is 0 Å². The number of hydrogen-bond acceptors (Lipinski definition) is 3. The molecule has 0 bridgehead atoms. The molecule has 1 rings (SSSR count). The Bertz CT molecular complexity index is 315. The average Bonchev–Trinajstić information content (AvgIpc) is 2.16. The van der Waals surface area contributed by atoms with Crippen LogP contribution in [-0.2, 0) is 0 Å². The highest BCUT2D eigenvalue weighted by molar-refractivity contribution is 9.10. The van der Waals surface area contributed by atoms with Gasteiger partial charge in [0.2, 0.25) is 0 Å². The molecule has 0 aliphatic carbocycles. The van der Waals surface area contributed by atoms with Gasteiger partial charge in [-0.1, -0.05) is 12.1 Å². The van der Waals surface area contributed by atoms with E-state index in [0.29, 0.717) is 11.3 Å². The molecule has 2 atom stereocenters. The van der Waals surface area contributed by atoms with Crippen molar-refractivity contribution in [3.63, 3.8) is 0 Å². The van der Waals surface area contributed by atoms with E-state index in [0.717, 1.165) is 4.47 Å². The summed E-state index contributed by atoms with van der Waals surface area (Å²) in [5.41, 5.74) is 6.33. The van der Waals surface area contributed by atoms with Crippen LogP contribution in [0.3, 0.4) is 0 Å². The summed E-state index contributed by atoms with van der Waals surface area (Å²) in [6.07, 6.45) is -0.706. The largest absolute Gasteiger partial charge is 0.495 e. The van der Waals surface area contributed by atoms with Gasteiger partial charge in [0.05, 0.1) is 17.7 Å². The van der Waals surface area contributed by atoms with E-state index in [-0.39, 0.29) is 6.04 Å². The number of ether oxygens (including phenoxy) is 1. The molecule has 0 heterocycles. The second kappa shape index (κ2) is 4.77. The minimum Gasteiger partial charge on any atom is -0.495 e. The maximum absolute atomic E-state index is 9.81. The van der Waals surface area contributed by atoms with Crippen LogP contribution in [0.5, 0.6) is 5.75 Å². The van der Waals surface area contributed by atoms with Crippen LogP contribution in [0, 0.1) is 0 Å². The summed E-state index contributed by atoms with van der Waals surface area (Å²) >= 11 is 3.35. The molecule has 0 aliphatic rings. The van der Waals surface area contributed by atoms with E-state index in [1.54, 1.807) is 20.1 Å². The Balaban J connectivity index is 3.13. The number of aliphatic hydroxyl groups is 1. The Morgan fingerprint density at radius 3 is 2.64 bits per heavy atom. The van der Waals surface area contributed by atoms with E-state index < -0.39 is 6.10 Å². The lowest BCUT2D eigenvalue weighted by Crippen LogP contribution is -2.24. The second-order valence-corrected chi connectivity index (χ2v) is 4.02. The van der Waals surface area contributed by atoms with Crippen molar-refractivity contribution in [2.45, 2.75) is 19.1 Å². The molecule has 4 heteroatoms. The molecule has 1 aromatic carbocycles. The first kappa shape index (κ1) is 11.5. The van der Waals surface area contributed by atoms with Gasteiger partial charge in [0.15, 0.2) is 0 Å². The zero-order valence-corrected chi connectivity index (χ0v) is 9.78. The fourth-order valence-corrected chi connectivity index (χ4v) is 1.80. The highest BCUT2D eigenvalue weighted by atomic mass is 79.9. The van der Waals surface area contributed by atoms with E-state index >= 15 is 0 Å². The minimum absolute atomic E-state index is 0.321. The van der Waals surface area contributed by atoms with Gasteiger partial charge >= 0.3 is 0 Å². The number of rotatable bonds is 3. The molecular formula is C10H14BrNO2. The summed E-state index contributed by atoms with van der Waals surface area (Å²) < 4.78 is 6.00. The molecule has 78 valence electrons. The Morgan fingerprint density at radius 1 is 1.50 bits per heavy atom. The van der Waals surface area contributed by atoms with Crippen molar-refractivity contribution in [3.8, 4) is 5.75 Å². The van der Waals surface area contributed by atoms with Crippen molar-refractivity contribution in [2.75, 3.05) is 7.11 Å². The lowest BCUT2D eigenvalue weighted by atomic mass is 10.0. The van der Waals surface area contributed by atoms with Gasteiger partial charge in [-0.2, -0.15) is 0 Å². The molecule has 0 fully saturated rings. The number of para-hydroxylation sites is 1. The van der Waals surface area contributed by atoms with Gasteiger partial charge in [-0.25, -0.2) is 0 Å². The average molecular weight is 260 g/mol. The number of methoxy groups -OCH3 is 1. The van der Waals surface area contributed by atoms with Crippen molar-refractivity contribution in [3.05, 3.63) is 28.2 Å². The monoisotopic (exact) mass is 259 g/mol. The molecule has 0 unspecified atom stereocenters. The van der Waals surface area contributed by atoms with Crippen LogP contribution in [0.15, 0.2) is 22.7 Å². The normalized spacial score (nSPS) is 14.9. The molecule has 0 aliphatic heterocycles. The third kappa shape index (κ3) is 2.26. The highest BCUT2D eigenvalue weighted by Crippen LogP contribution is 2.33. The first-order valence-electron chi connectivity index (χ1n) is 4.34. The highest BCUT2D eigenvalue weighted by Gasteiger charge is 2.18. The summed E-state index contributed by atoms with van der Waals surface area (Å²) in [7, 11) is 1.57. The predicted octanol–water partition coefficient (Wildman–Crippen LogP) is 1.84. The summed E-state index contributed by atoms with van der Waals surface area (Å²) in [6.45, 7) is 1.75. The minimum atomic E-state index is -0.706. The van der Waals surface area contributed by atoms with Crippen LogP contribution in [0.1, 0.15) is 18.6 Å². The number of hydrogen-bond donors (Lipinski definition) is 2. The maximum atomic E-state index is 9.81. The summed E-state index contributed by atoms with van der Waals surface area (Å²) in [6, 6.07) is 5.18. The van der Waals surface area contributed by atoms with Crippen LogP contribution < -0.4 is 10.5 Å². The molecular weight excluding hydrogens is 246 g/mol. The third-order valence-corrected chi connectivity index (χ3v) is 2.64. The molecule has 0 aromatic heterocycles. The second-order valence-electron chi connectivity index (χ2n) is 3.17. The molecule has 0 spiro atoms. The number of nitrogens with two attached hydrogens (primary N) is 1. The number of benzene rings is 1. The number of aliphatic hydroxyl groups excluding tert-OH is 1. The SMILES string of the molecule is COc1c(Br)cccc1[C@H](O)[C@@H](C)N. The van der Waals surface area contributed by atoms with E-state index in [9.17, 15) is 5.11 Å². The van der Waals surface area contributed by atoms with Crippen LogP contribution in [0.4, 0.5) is 0 Å². The van der Waals surface area contributed by atoms with E-state index in [1.807, 2.05) is 12.1 Å². The molecule has 14 heavy (non-hydrogen) atoms. The molecule has 3 N–H and O–H groups in total. The van der Waals surface area contributed by atoms with Gasteiger partial charge in [-0.3, -0.25) is 0 Å². The molecule has 3 nitrogen and oxygen atoms in total. The Morgan fingerprint density at radius 2 is 2.14 bits per heavy atom. The summed E-state index contributed by atoms with van der Waals surface area (Å²) in [5, 5.41) is 9.81. The Kier molecular flexibility index (Phi) is 3.92. The Hall–Kier alpha value is -0.580. The van der Waals surface area contributed by atoms with Crippen molar-refractivity contribution in [1.82, 2.24) is 0 Å². The molecule has 0 radical (unpaired) electrons.